The van der Waals surface area contributed by atoms with E-state index in [0.717, 1.165) is 6.07 Å². The molecule has 5 heteroatoms. The molecule has 0 fully saturated rings. The second kappa shape index (κ2) is 5.18. The molecule has 0 unspecified atom stereocenters. The summed E-state index contributed by atoms with van der Waals surface area (Å²) in [6, 6.07) is 4.10. The number of hydrogen-bond donors (Lipinski definition) is 1. The van der Waals surface area contributed by atoms with Crippen molar-refractivity contribution in [2.45, 2.75) is 39.0 Å². The molecule has 0 aromatic heterocycles. The Balaban J connectivity index is 2.97. The highest BCUT2D eigenvalue weighted by atomic mass is 19.4. The highest BCUT2D eigenvalue weighted by molar-refractivity contribution is 5.39. The molecule has 0 aliphatic carbocycles. The van der Waals surface area contributed by atoms with E-state index in [4.69, 9.17) is 4.74 Å². The summed E-state index contributed by atoms with van der Waals surface area (Å²) >= 11 is 0. The lowest BCUT2D eigenvalue weighted by molar-refractivity contribution is -0.138. The lowest BCUT2D eigenvalue weighted by Crippen LogP contribution is -2.35. The standard InChI is InChI=1S/C13H18F3NO/c1-12(2,3)17-8-9-5-6-11(18-4)10(7-9)13(14,15)16/h5-7,17H,8H2,1-4H3. The van der Waals surface area contributed by atoms with Gasteiger partial charge in [0.05, 0.1) is 12.7 Å². The zero-order valence-corrected chi connectivity index (χ0v) is 11.0. The zero-order valence-electron chi connectivity index (χ0n) is 11.0. The van der Waals surface area contributed by atoms with Crippen molar-refractivity contribution in [3.05, 3.63) is 29.3 Å². The van der Waals surface area contributed by atoms with E-state index >= 15 is 0 Å². The quantitative estimate of drug-likeness (QED) is 0.897. The fraction of sp³-hybridized carbons (Fsp3) is 0.538. The van der Waals surface area contributed by atoms with E-state index in [9.17, 15) is 13.2 Å². The van der Waals surface area contributed by atoms with Crippen molar-refractivity contribution in [1.29, 1.82) is 0 Å². The van der Waals surface area contributed by atoms with Crippen molar-refractivity contribution < 1.29 is 17.9 Å². The molecule has 0 radical (unpaired) electrons. The number of rotatable bonds is 3. The van der Waals surface area contributed by atoms with Crippen LogP contribution >= 0.6 is 0 Å². The van der Waals surface area contributed by atoms with Crippen LogP contribution in [0.25, 0.3) is 0 Å². The van der Waals surface area contributed by atoms with E-state index in [0.29, 0.717) is 12.1 Å². The molecule has 0 saturated heterocycles. The van der Waals surface area contributed by atoms with Crippen LogP contribution in [0.5, 0.6) is 5.75 Å². The summed E-state index contributed by atoms with van der Waals surface area (Å²) in [7, 11) is 1.23. The molecule has 1 N–H and O–H groups in total. The van der Waals surface area contributed by atoms with Gasteiger partial charge in [0.25, 0.3) is 0 Å². The van der Waals surface area contributed by atoms with Gasteiger partial charge in [-0.05, 0) is 38.5 Å². The van der Waals surface area contributed by atoms with Crippen molar-refractivity contribution in [3.8, 4) is 5.75 Å². The average molecular weight is 261 g/mol. The van der Waals surface area contributed by atoms with E-state index < -0.39 is 11.7 Å². The molecule has 0 amide bonds. The van der Waals surface area contributed by atoms with Gasteiger partial charge >= 0.3 is 6.18 Å². The monoisotopic (exact) mass is 261 g/mol. The summed E-state index contributed by atoms with van der Waals surface area (Å²) < 4.78 is 43.1. The Labute approximate surface area is 105 Å². The summed E-state index contributed by atoms with van der Waals surface area (Å²) in [6.45, 7) is 6.26. The molecular formula is C13H18F3NO. The number of hydrogen-bond acceptors (Lipinski definition) is 2. The summed E-state index contributed by atoms with van der Waals surface area (Å²) in [4.78, 5) is 0. The number of nitrogens with one attached hydrogen (secondary N) is 1. The average Bonchev–Trinajstić information content (AvgIpc) is 2.24. The second-order valence-electron chi connectivity index (χ2n) is 5.14. The van der Waals surface area contributed by atoms with Gasteiger partial charge in [0.15, 0.2) is 0 Å². The van der Waals surface area contributed by atoms with Crippen molar-refractivity contribution in [1.82, 2.24) is 5.32 Å². The molecule has 0 aliphatic heterocycles. The van der Waals surface area contributed by atoms with Gasteiger partial charge in [0.1, 0.15) is 5.75 Å². The Morgan fingerprint density at radius 2 is 1.78 bits per heavy atom. The molecule has 0 bridgehead atoms. The summed E-state index contributed by atoms with van der Waals surface area (Å²) in [6.07, 6.45) is -4.40. The molecule has 1 rings (SSSR count). The molecule has 2 nitrogen and oxygen atoms in total. The van der Waals surface area contributed by atoms with E-state index in [1.807, 2.05) is 20.8 Å². The molecule has 1 aromatic carbocycles. The highest BCUT2D eigenvalue weighted by Crippen LogP contribution is 2.36. The molecule has 0 heterocycles. The third-order valence-electron chi connectivity index (χ3n) is 2.39. The van der Waals surface area contributed by atoms with Crippen LogP contribution in [-0.2, 0) is 12.7 Å². The van der Waals surface area contributed by atoms with Gasteiger partial charge in [-0.15, -0.1) is 0 Å². The number of alkyl halides is 3. The molecule has 0 aliphatic rings. The van der Waals surface area contributed by atoms with Gasteiger partial charge in [0, 0.05) is 12.1 Å². The van der Waals surface area contributed by atoms with Crippen LogP contribution in [0.1, 0.15) is 31.9 Å². The van der Waals surface area contributed by atoms with Gasteiger partial charge in [-0.1, -0.05) is 6.07 Å². The molecular weight excluding hydrogens is 243 g/mol. The summed E-state index contributed by atoms with van der Waals surface area (Å²) in [5.74, 6) is -0.151. The SMILES string of the molecule is COc1ccc(CNC(C)(C)C)cc1C(F)(F)F. The number of ether oxygens (including phenoxy) is 1. The van der Waals surface area contributed by atoms with Gasteiger partial charge in [-0.25, -0.2) is 0 Å². The van der Waals surface area contributed by atoms with Crippen molar-refractivity contribution in [2.75, 3.05) is 7.11 Å². The predicted molar refractivity (Wildman–Crippen MR) is 64.6 cm³/mol. The lowest BCUT2D eigenvalue weighted by atomic mass is 10.1. The number of halogens is 3. The normalized spacial score (nSPS) is 12.6. The van der Waals surface area contributed by atoms with Crippen LogP contribution in [0.4, 0.5) is 13.2 Å². The molecule has 18 heavy (non-hydrogen) atoms. The minimum absolute atomic E-state index is 0.141. The van der Waals surface area contributed by atoms with E-state index in [-0.39, 0.29) is 11.3 Å². The first-order chi connectivity index (χ1) is 8.13. The van der Waals surface area contributed by atoms with Crippen LogP contribution < -0.4 is 10.1 Å². The molecule has 0 atom stereocenters. The highest BCUT2D eigenvalue weighted by Gasteiger charge is 2.34. The lowest BCUT2D eigenvalue weighted by Gasteiger charge is -2.21. The number of benzene rings is 1. The smallest absolute Gasteiger partial charge is 0.419 e. The molecule has 0 spiro atoms. The maximum atomic E-state index is 12.8. The predicted octanol–water partition coefficient (Wildman–Crippen LogP) is 3.60. The zero-order chi connectivity index (χ0) is 14.0. The molecule has 1 aromatic rings. The van der Waals surface area contributed by atoms with Gasteiger partial charge in [0.2, 0.25) is 0 Å². The van der Waals surface area contributed by atoms with Crippen molar-refractivity contribution >= 4 is 0 Å². The third kappa shape index (κ3) is 4.22. The summed E-state index contributed by atoms with van der Waals surface area (Å²) in [5.41, 5.74) is -0.297. The van der Waals surface area contributed by atoms with Gasteiger partial charge < -0.3 is 10.1 Å². The Hall–Kier alpha value is -1.23. The Morgan fingerprint density at radius 3 is 2.22 bits per heavy atom. The van der Waals surface area contributed by atoms with Gasteiger partial charge in [-0.2, -0.15) is 13.2 Å². The maximum Gasteiger partial charge on any atom is 0.419 e. The van der Waals surface area contributed by atoms with E-state index in [1.165, 1.54) is 13.2 Å². The molecule has 0 saturated carbocycles. The Morgan fingerprint density at radius 1 is 1.17 bits per heavy atom. The fourth-order valence-corrected chi connectivity index (χ4v) is 1.45. The van der Waals surface area contributed by atoms with Crippen LogP contribution in [0.3, 0.4) is 0 Å². The first-order valence-electron chi connectivity index (χ1n) is 5.62. The van der Waals surface area contributed by atoms with Crippen molar-refractivity contribution in [3.63, 3.8) is 0 Å². The fourth-order valence-electron chi connectivity index (χ4n) is 1.45. The first kappa shape index (κ1) is 14.8. The Bertz CT molecular complexity index is 408. The van der Waals surface area contributed by atoms with E-state index in [2.05, 4.69) is 5.32 Å². The van der Waals surface area contributed by atoms with Crippen LogP contribution in [0.2, 0.25) is 0 Å². The molecule has 102 valence electrons. The maximum absolute atomic E-state index is 12.8. The topological polar surface area (TPSA) is 21.3 Å². The van der Waals surface area contributed by atoms with Gasteiger partial charge in [-0.3, -0.25) is 0 Å². The summed E-state index contributed by atoms with van der Waals surface area (Å²) in [5, 5.41) is 3.15. The second-order valence-corrected chi connectivity index (χ2v) is 5.14. The largest absolute Gasteiger partial charge is 0.496 e. The van der Waals surface area contributed by atoms with Crippen LogP contribution in [-0.4, -0.2) is 12.6 Å². The number of methoxy groups -OCH3 is 1. The first-order valence-corrected chi connectivity index (χ1v) is 5.62. The third-order valence-corrected chi connectivity index (χ3v) is 2.39. The van der Waals surface area contributed by atoms with Crippen LogP contribution in [0, 0.1) is 0 Å². The van der Waals surface area contributed by atoms with E-state index in [1.54, 1.807) is 6.07 Å². The van der Waals surface area contributed by atoms with Crippen LogP contribution in [0.15, 0.2) is 18.2 Å². The Kier molecular flexibility index (Phi) is 4.27. The minimum Gasteiger partial charge on any atom is -0.496 e. The minimum atomic E-state index is -4.40. The van der Waals surface area contributed by atoms with Crippen molar-refractivity contribution in [2.24, 2.45) is 0 Å².